The lowest BCUT2D eigenvalue weighted by Crippen LogP contribution is -2.10. The summed E-state index contributed by atoms with van der Waals surface area (Å²) >= 11 is 1.84. The fraction of sp³-hybridized carbons (Fsp3) is 0. The fourth-order valence-electron chi connectivity index (χ4n) is 0.578. The summed E-state index contributed by atoms with van der Waals surface area (Å²) < 4.78 is 0.470. The third-order valence-electron chi connectivity index (χ3n) is 1.09. The minimum Gasteiger partial charge on any atom is -0.475 e. The van der Waals surface area contributed by atoms with Crippen LogP contribution in [0.3, 0.4) is 0 Å². The van der Waals surface area contributed by atoms with Crippen molar-refractivity contribution in [3.8, 4) is 0 Å². The first kappa shape index (κ1) is 8.97. The van der Waals surface area contributed by atoms with Gasteiger partial charge in [-0.05, 0) is 22.6 Å². The first-order valence-corrected chi connectivity index (χ1v) is 3.92. The Bertz CT molecular complexity index is 317. The van der Waals surface area contributed by atoms with Gasteiger partial charge in [-0.25, -0.2) is 14.8 Å². The summed E-state index contributed by atoms with van der Waals surface area (Å²) in [5.74, 6) is -1.46. The largest absolute Gasteiger partial charge is 0.475 e. The van der Waals surface area contributed by atoms with E-state index in [2.05, 4.69) is 9.97 Å². The Morgan fingerprint density at radius 3 is 2.08 bits per heavy atom. The highest BCUT2D eigenvalue weighted by Crippen LogP contribution is 2.17. The predicted molar refractivity (Wildman–Crippen MR) is 50.5 cm³/mol. The molecule has 1 aromatic rings. The molecule has 1 aromatic heterocycles. The molecule has 64 valence electrons. The molecule has 0 amide bonds. The van der Waals surface area contributed by atoms with Gasteiger partial charge in [-0.3, -0.25) is 0 Å². The van der Waals surface area contributed by atoms with Crippen molar-refractivity contribution < 1.29 is 9.90 Å². The fourth-order valence-corrected chi connectivity index (χ4v) is 0.819. The van der Waals surface area contributed by atoms with Crippen LogP contribution in [-0.2, 0) is 0 Å². The van der Waals surface area contributed by atoms with E-state index >= 15 is 0 Å². The number of nitrogens with two attached hydrogens (primary N) is 2. The SMILES string of the molecule is Nc1nc(C(=O)O)nc(N)c1I. The van der Waals surface area contributed by atoms with Crippen LogP contribution in [0, 0.1) is 3.57 Å². The molecule has 0 aromatic carbocycles. The van der Waals surface area contributed by atoms with Gasteiger partial charge in [-0.2, -0.15) is 0 Å². The zero-order chi connectivity index (χ0) is 9.30. The number of carbonyl (C=O) groups is 1. The van der Waals surface area contributed by atoms with Gasteiger partial charge in [-0.1, -0.05) is 0 Å². The van der Waals surface area contributed by atoms with Gasteiger partial charge < -0.3 is 16.6 Å². The molecular weight excluding hydrogens is 275 g/mol. The summed E-state index contributed by atoms with van der Waals surface area (Å²) in [6, 6.07) is 0. The van der Waals surface area contributed by atoms with Gasteiger partial charge in [0.1, 0.15) is 11.6 Å². The van der Waals surface area contributed by atoms with Gasteiger partial charge in [0.2, 0.25) is 5.82 Å². The van der Waals surface area contributed by atoms with E-state index in [1.807, 2.05) is 22.6 Å². The number of aromatic nitrogens is 2. The second kappa shape index (κ2) is 3.09. The molecule has 0 saturated carbocycles. The molecule has 0 aliphatic carbocycles. The van der Waals surface area contributed by atoms with Crippen molar-refractivity contribution in [3.05, 3.63) is 9.39 Å². The van der Waals surface area contributed by atoms with Gasteiger partial charge >= 0.3 is 5.97 Å². The third-order valence-corrected chi connectivity index (χ3v) is 2.20. The minimum absolute atomic E-state index is 0.0838. The molecule has 0 unspecified atom stereocenters. The molecule has 0 radical (unpaired) electrons. The molecule has 0 aliphatic heterocycles. The molecule has 0 spiro atoms. The molecule has 0 aliphatic rings. The van der Waals surface area contributed by atoms with Crippen molar-refractivity contribution in [2.75, 3.05) is 11.5 Å². The van der Waals surface area contributed by atoms with Crippen LogP contribution in [0.15, 0.2) is 0 Å². The van der Waals surface area contributed by atoms with Crippen LogP contribution in [-0.4, -0.2) is 21.0 Å². The van der Waals surface area contributed by atoms with E-state index in [-0.39, 0.29) is 17.5 Å². The Hall–Kier alpha value is -1.12. The highest BCUT2D eigenvalue weighted by molar-refractivity contribution is 14.1. The molecule has 5 N–H and O–H groups in total. The quantitative estimate of drug-likeness (QED) is 0.621. The van der Waals surface area contributed by atoms with E-state index in [1.54, 1.807) is 0 Å². The maximum atomic E-state index is 10.4. The molecular formula is C5H5IN4O2. The number of nitrogens with zero attached hydrogens (tertiary/aromatic N) is 2. The summed E-state index contributed by atoms with van der Waals surface area (Å²) in [4.78, 5) is 17.4. The second-order valence-electron chi connectivity index (χ2n) is 1.94. The Kier molecular flexibility index (Phi) is 2.31. The van der Waals surface area contributed by atoms with Crippen molar-refractivity contribution in [2.24, 2.45) is 0 Å². The van der Waals surface area contributed by atoms with Crippen LogP contribution in [0.5, 0.6) is 0 Å². The van der Waals surface area contributed by atoms with Gasteiger partial charge in [0.15, 0.2) is 0 Å². The highest BCUT2D eigenvalue weighted by atomic mass is 127. The van der Waals surface area contributed by atoms with Crippen LogP contribution < -0.4 is 11.5 Å². The number of nitrogen functional groups attached to an aromatic ring is 2. The van der Waals surface area contributed by atoms with E-state index in [0.29, 0.717) is 3.57 Å². The zero-order valence-corrected chi connectivity index (χ0v) is 7.94. The highest BCUT2D eigenvalue weighted by Gasteiger charge is 2.11. The average molecular weight is 280 g/mol. The molecule has 0 bridgehead atoms. The minimum atomic E-state index is -1.25. The summed E-state index contributed by atoms with van der Waals surface area (Å²) in [7, 11) is 0. The summed E-state index contributed by atoms with van der Waals surface area (Å²) in [6.07, 6.45) is 0. The van der Waals surface area contributed by atoms with Gasteiger partial charge in [0.05, 0.1) is 3.57 Å². The molecule has 0 saturated heterocycles. The third kappa shape index (κ3) is 1.55. The molecule has 6 nitrogen and oxygen atoms in total. The summed E-state index contributed by atoms with van der Waals surface area (Å²) in [5.41, 5.74) is 10.7. The van der Waals surface area contributed by atoms with Crippen LogP contribution in [0.1, 0.15) is 10.6 Å². The number of anilines is 2. The van der Waals surface area contributed by atoms with Gasteiger partial charge in [-0.15, -0.1) is 0 Å². The van der Waals surface area contributed by atoms with E-state index in [0.717, 1.165) is 0 Å². The lowest BCUT2D eigenvalue weighted by atomic mass is 10.5. The Morgan fingerprint density at radius 2 is 1.75 bits per heavy atom. The standard InChI is InChI=1S/C5H5IN4O2/c6-1-2(7)9-4(5(11)12)10-3(1)8/h(H,11,12)(H4,7,8,9,10). The molecule has 12 heavy (non-hydrogen) atoms. The van der Waals surface area contributed by atoms with Crippen molar-refractivity contribution in [2.45, 2.75) is 0 Å². The second-order valence-corrected chi connectivity index (χ2v) is 3.02. The number of rotatable bonds is 1. The van der Waals surface area contributed by atoms with Crippen LogP contribution in [0.4, 0.5) is 11.6 Å². The number of carboxylic acids is 1. The van der Waals surface area contributed by atoms with E-state index < -0.39 is 5.97 Å². The molecule has 7 heteroatoms. The molecule has 0 atom stereocenters. The van der Waals surface area contributed by atoms with Crippen molar-refractivity contribution >= 4 is 40.2 Å². The lowest BCUT2D eigenvalue weighted by Gasteiger charge is -2.01. The Balaban J connectivity index is 3.31. The number of aromatic carboxylic acids is 1. The number of hydrogen-bond acceptors (Lipinski definition) is 5. The number of halogens is 1. The van der Waals surface area contributed by atoms with Gasteiger partial charge in [0.25, 0.3) is 0 Å². The zero-order valence-electron chi connectivity index (χ0n) is 5.78. The lowest BCUT2D eigenvalue weighted by molar-refractivity contribution is 0.0684. The molecule has 1 rings (SSSR count). The number of hydrogen-bond donors (Lipinski definition) is 3. The Morgan fingerprint density at radius 1 is 1.33 bits per heavy atom. The van der Waals surface area contributed by atoms with E-state index in [4.69, 9.17) is 16.6 Å². The first-order chi connectivity index (χ1) is 5.52. The van der Waals surface area contributed by atoms with E-state index in [1.165, 1.54) is 0 Å². The van der Waals surface area contributed by atoms with Gasteiger partial charge in [0, 0.05) is 0 Å². The summed E-state index contributed by atoms with van der Waals surface area (Å²) in [6.45, 7) is 0. The monoisotopic (exact) mass is 280 g/mol. The Labute approximate surface area is 81.1 Å². The topological polar surface area (TPSA) is 115 Å². The van der Waals surface area contributed by atoms with Crippen molar-refractivity contribution in [1.29, 1.82) is 0 Å². The average Bonchev–Trinajstić information content (AvgIpc) is 1.99. The summed E-state index contributed by atoms with van der Waals surface area (Å²) in [5, 5.41) is 8.49. The smallest absolute Gasteiger partial charge is 0.374 e. The van der Waals surface area contributed by atoms with Crippen LogP contribution in [0.2, 0.25) is 0 Å². The maximum Gasteiger partial charge on any atom is 0.374 e. The number of carboxylic acid groups (broad SMARTS) is 1. The van der Waals surface area contributed by atoms with Crippen LogP contribution in [0.25, 0.3) is 0 Å². The maximum absolute atomic E-state index is 10.4. The molecule has 1 heterocycles. The normalized spacial score (nSPS) is 9.75. The van der Waals surface area contributed by atoms with E-state index in [9.17, 15) is 4.79 Å². The predicted octanol–water partition coefficient (Wildman–Crippen LogP) is -0.0562. The molecule has 0 fully saturated rings. The van der Waals surface area contributed by atoms with Crippen LogP contribution >= 0.6 is 22.6 Å². The van der Waals surface area contributed by atoms with Crippen molar-refractivity contribution in [3.63, 3.8) is 0 Å². The van der Waals surface area contributed by atoms with Crippen molar-refractivity contribution in [1.82, 2.24) is 9.97 Å². The first-order valence-electron chi connectivity index (χ1n) is 2.84.